The minimum Gasteiger partial charge on any atom is -0.469 e. The van der Waals surface area contributed by atoms with Crippen LogP contribution in [0, 0.1) is 6.92 Å². The van der Waals surface area contributed by atoms with Crippen LogP contribution in [-0.2, 0) is 21.7 Å². The zero-order chi connectivity index (χ0) is 20.5. The Hall–Kier alpha value is -1.81. The molecule has 2 aromatic heterocycles. The van der Waals surface area contributed by atoms with E-state index >= 15 is 0 Å². The molecule has 8 nitrogen and oxygen atoms in total. The number of aryl methyl sites for hydroxylation is 1. The van der Waals surface area contributed by atoms with Crippen LogP contribution in [0.25, 0.3) is 11.4 Å². The number of nitrogens with zero attached hydrogens (tertiary/aromatic N) is 4. The standard InChI is InChI=1S/C18H26N4O4S2/c1-5-12(2)22(14-7-9-28(24,25)11-14)16(23)10-27-18-20-19-17(21(18)4)15-6-8-26-13(15)3/h6,8,12,14H,5,7,9-11H2,1-4H3. The summed E-state index contributed by atoms with van der Waals surface area (Å²) in [6.45, 7) is 5.83. The van der Waals surface area contributed by atoms with E-state index in [1.807, 2.05) is 38.5 Å². The van der Waals surface area contributed by atoms with Gasteiger partial charge in [0.1, 0.15) is 5.76 Å². The van der Waals surface area contributed by atoms with Crippen molar-refractivity contribution in [1.82, 2.24) is 19.7 Å². The van der Waals surface area contributed by atoms with E-state index in [1.54, 1.807) is 11.2 Å². The Balaban J connectivity index is 1.71. The van der Waals surface area contributed by atoms with Crippen molar-refractivity contribution in [3.05, 3.63) is 18.1 Å². The predicted octanol–water partition coefficient (Wildman–Crippen LogP) is 2.29. The first kappa shape index (κ1) is 20.9. The first-order valence-electron chi connectivity index (χ1n) is 9.31. The molecule has 0 bridgehead atoms. The van der Waals surface area contributed by atoms with Crippen molar-refractivity contribution in [2.75, 3.05) is 17.3 Å². The van der Waals surface area contributed by atoms with Crippen LogP contribution >= 0.6 is 11.8 Å². The first-order valence-corrected chi connectivity index (χ1v) is 12.1. The Morgan fingerprint density at radius 1 is 1.46 bits per heavy atom. The third kappa shape index (κ3) is 4.27. The van der Waals surface area contributed by atoms with Gasteiger partial charge in [-0.05, 0) is 32.8 Å². The lowest BCUT2D eigenvalue weighted by atomic mass is 10.1. The molecule has 28 heavy (non-hydrogen) atoms. The van der Waals surface area contributed by atoms with E-state index in [1.165, 1.54) is 11.8 Å². The molecule has 1 aliphatic rings. The van der Waals surface area contributed by atoms with Gasteiger partial charge in [0.25, 0.3) is 0 Å². The molecule has 0 aliphatic carbocycles. The van der Waals surface area contributed by atoms with Crippen molar-refractivity contribution >= 4 is 27.5 Å². The summed E-state index contributed by atoms with van der Waals surface area (Å²) in [5.74, 6) is 1.78. The number of carbonyl (C=O) groups excluding carboxylic acids is 1. The Bertz CT molecular complexity index is 951. The van der Waals surface area contributed by atoms with Gasteiger partial charge in [0.05, 0.1) is 29.1 Å². The lowest BCUT2D eigenvalue weighted by Crippen LogP contribution is -2.47. The van der Waals surface area contributed by atoms with Gasteiger partial charge in [-0.3, -0.25) is 4.79 Å². The fourth-order valence-corrected chi connectivity index (χ4v) is 5.99. The van der Waals surface area contributed by atoms with Gasteiger partial charge >= 0.3 is 0 Å². The topological polar surface area (TPSA) is 98.3 Å². The molecule has 2 atom stereocenters. The van der Waals surface area contributed by atoms with E-state index in [2.05, 4.69) is 10.2 Å². The van der Waals surface area contributed by atoms with Crippen LogP contribution in [0.4, 0.5) is 0 Å². The van der Waals surface area contributed by atoms with Crippen LogP contribution in [0.2, 0.25) is 0 Å². The van der Waals surface area contributed by atoms with Crippen LogP contribution in [0.3, 0.4) is 0 Å². The number of amides is 1. The summed E-state index contributed by atoms with van der Waals surface area (Å²) in [4.78, 5) is 14.7. The van der Waals surface area contributed by atoms with Gasteiger partial charge in [0.2, 0.25) is 5.91 Å². The van der Waals surface area contributed by atoms with Crippen molar-refractivity contribution in [3.8, 4) is 11.4 Å². The highest BCUT2D eigenvalue weighted by Crippen LogP contribution is 2.27. The lowest BCUT2D eigenvalue weighted by molar-refractivity contribution is -0.132. The maximum absolute atomic E-state index is 13.0. The summed E-state index contributed by atoms with van der Waals surface area (Å²) in [6, 6.07) is 1.59. The quantitative estimate of drug-likeness (QED) is 0.627. The van der Waals surface area contributed by atoms with E-state index in [9.17, 15) is 13.2 Å². The van der Waals surface area contributed by atoms with Gasteiger partial charge in [-0.15, -0.1) is 10.2 Å². The van der Waals surface area contributed by atoms with Crippen molar-refractivity contribution in [2.45, 2.75) is 50.9 Å². The molecule has 0 radical (unpaired) electrons. The third-order valence-corrected chi connectivity index (χ3v) is 7.97. The largest absolute Gasteiger partial charge is 0.469 e. The maximum Gasteiger partial charge on any atom is 0.233 e. The van der Waals surface area contributed by atoms with E-state index < -0.39 is 9.84 Å². The van der Waals surface area contributed by atoms with E-state index in [-0.39, 0.29) is 35.2 Å². The SMILES string of the molecule is CCC(C)N(C(=O)CSc1nnc(-c2ccoc2C)n1C)C1CCS(=O)(=O)C1. The average molecular weight is 427 g/mol. The number of hydrogen-bond donors (Lipinski definition) is 0. The van der Waals surface area contributed by atoms with Crippen molar-refractivity contribution in [3.63, 3.8) is 0 Å². The molecular formula is C18H26N4O4S2. The minimum atomic E-state index is -3.05. The number of sulfone groups is 1. The number of furan rings is 1. The number of hydrogen-bond acceptors (Lipinski definition) is 7. The first-order chi connectivity index (χ1) is 13.2. The molecule has 1 fully saturated rings. The van der Waals surface area contributed by atoms with Gasteiger partial charge in [0.15, 0.2) is 20.8 Å². The highest BCUT2D eigenvalue weighted by molar-refractivity contribution is 7.99. The summed E-state index contributed by atoms with van der Waals surface area (Å²) in [6.07, 6.45) is 2.90. The van der Waals surface area contributed by atoms with Crippen LogP contribution in [0.1, 0.15) is 32.4 Å². The summed E-state index contributed by atoms with van der Waals surface area (Å²) in [5, 5.41) is 9.05. The Morgan fingerprint density at radius 2 is 2.21 bits per heavy atom. The third-order valence-electron chi connectivity index (χ3n) is 5.21. The van der Waals surface area contributed by atoms with Gasteiger partial charge < -0.3 is 13.9 Å². The zero-order valence-corrected chi connectivity index (χ0v) is 18.2. The molecule has 154 valence electrons. The van der Waals surface area contributed by atoms with E-state index in [0.29, 0.717) is 17.4 Å². The Morgan fingerprint density at radius 3 is 2.79 bits per heavy atom. The highest BCUT2D eigenvalue weighted by Gasteiger charge is 2.36. The molecule has 3 rings (SSSR count). The molecule has 2 aromatic rings. The summed E-state index contributed by atoms with van der Waals surface area (Å²) < 4.78 is 30.9. The monoisotopic (exact) mass is 426 g/mol. The van der Waals surface area contributed by atoms with Crippen LogP contribution < -0.4 is 0 Å². The number of rotatable bonds is 7. The Labute approximate surface area is 169 Å². The molecule has 0 aromatic carbocycles. The number of carbonyl (C=O) groups is 1. The summed E-state index contributed by atoms with van der Waals surface area (Å²) in [5.41, 5.74) is 0.866. The molecule has 1 amide bonds. The second kappa shape index (κ2) is 8.28. The maximum atomic E-state index is 13.0. The second-order valence-corrected chi connectivity index (χ2v) is 10.3. The van der Waals surface area contributed by atoms with Crippen molar-refractivity contribution in [2.24, 2.45) is 7.05 Å². The lowest BCUT2D eigenvalue weighted by Gasteiger charge is -2.33. The average Bonchev–Trinajstić information content (AvgIpc) is 3.32. The second-order valence-electron chi connectivity index (χ2n) is 7.16. The van der Waals surface area contributed by atoms with Gasteiger partial charge in [-0.2, -0.15) is 0 Å². The van der Waals surface area contributed by atoms with Gasteiger partial charge in [0, 0.05) is 19.1 Å². The summed E-state index contributed by atoms with van der Waals surface area (Å²) in [7, 11) is -1.20. The summed E-state index contributed by atoms with van der Waals surface area (Å²) >= 11 is 1.31. The molecular weight excluding hydrogens is 400 g/mol. The van der Waals surface area contributed by atoms with Crippen LogP contribution in [-0.4, -0.2) is 63.3 Å². The van der Waals surface area contributed by atoms with E-state index in [4.69, 9.17) is 4.42 Å². The molecule has 0 saturated carbocycles. The smallest absolute Gasteiger partial charge is 0.233 e. The van der Waals surface area contributed by atoms with Crippen LogP contribution in [0.15, 0.2) is 21.9 Å². The molecule has 1 aliphatic heterocycles. The fraction of sp³-hybridized carbons (Fsp3) is 0.611. The zero-order valence-electron chi connectivity index (χ0n) is 16.6. The molecule has 0 spiro atoms. The van der Waals surface area contributed by atoms with Gasteiger partial charge in [-0.25, -0.2) is 8.42 Å². The molecule has 10 heteroatoms. The van der Waals surface area contributed by atoms with Crippen molar-refractivity contribution < 1.29 is 17.6 Å². The molecule has 3 heterocycles. The minimum absolute atomic E-state index is 0.00460. The Kier molecular flexibility index (Phi) is 6.18. The van der Waals surface area contributed by atoms with E-state index in [0.717, 1.165) is 17.7 Å². The number of thioether (sulfide) groups is 1. The molecule has 2 unspecified atom stereocenters. The van der Waals surface area contributed by atoms with Crippen LogP contribution in [0.5, 0.6) is 0 Å². The van der Waals surface area contributed by atoms with Crippen molar-refractivity contribution in [1.29, 1.82) is 0 Å². The normalized spacial score (nSPS) is 19.6. The highest BCUT2D eigenvalue weighted by atomic mass is 32.2. The molecule has 0 N–H and O–H groups in total. The molecule has 1 saturated heterocycles. The predicted molar refractivity (Wildman–Crippen MR) is 108 cm³/mol. The number of aromatic nitrogens is 3. The fourth-order valence-electron chi connectivity index (χ4n) is 3.49. The van der Waals surface area contributed by atoms with Gasteiger partial charge in [-0.1, -0.05) is 18.7 Å².